The van der Waals surface area contributed by atoms with E-state index in [9.17, 15) is 13.2 Å². The molecule has 1 amide bonds. The summed E-state index contributed by atoms with van der Waals surface area (Å²) in [5.41, 5.74) is 3.60. The number of amides is 1. The molecule has 3 rings (SSSR count). The summed E-state index contributed by atoms with van der Waals surface area (Å²) in [6.45, 7) is 4.85. The van der Waals surface area contributed by atoms with Crippen molar-refractivity contribution < 1.29 is 22.9 Å². The van der Waals surface area contributed by atoms with Crippen molar-refractivity contribution in [1.82, 2.24) is 14.9 Å². The smallest absolute Gasteiger partial charge is 0.267 e. The molecule has 9 nitrogen and oxygen atoms in total. The maximum atomic E-state index is 12.9. The van der Waals surface area contributed by atoms with Crippen LogP contribution in [0.15, 0.2) is 39.8 Å². The van der Waals surface area contributed by atoms with Crippen molar-refractivity contribution in [2.75, 3.05) is 31.1 Å². The first kappa shape index (κ1) is 20.1. The molecule has 2 N–H and O–H groups in total. The van der Waals surface area contributed by atoms with Crippen molar-refractivity contribution in [2.24, 2.45) is 0 Å². The second-order valence-electron chi connectivity index (χ2n) is 6.41. The molecular weight excluding hydrogens is 384 g/mol. The van der Waals surface area contributed by atoms with Crippen LogP contribution in [0.4, 0.5) is 5.69 Å². The molecule has 1 aliphatic rings. The van der Waals surface area contributed by atoms with Crippen molar-refractivity contribution in [2.45, 2.75) is 18.7 Å². The van der Waals surface area contributed by atoms with Crippen LogP contribution in [0.2, 0.25) is 0 Å². The third-order valence-electron chi connectivity index (χ3n) is 4.61. The fourth-order valence-electron chi connectivity index (χ4n) is 3.26. The number of nitrogens with zero attached hydrogens (tertiary/aromatic N) is 3. The zero-order chi connectivity index (χ0) is 20.3. The number of hydroxylamine groups is 1. The van der Waals surface area contributed by atoms with E-state index in [2.05, 4.69) is 10.1 Å². The van der Waals surface area contributed by atoms with E-state index in [0.29, 0.717) is 31.9 Å². The van der Waals surface area contributed by atoms with Crippen LogP contribution in [-0.4, -0.2) is 55.2 Å². The number of hydrogen-bond donors (Lipinski definition) is 2. The second kappa shape index (κ2) is 8.13. The molecule has 0 spiro atoms. The lowest BCUT2D eigenvalue weighted by atomic mass is 10.1. The van der Waals surface area contributed by atoms with Gasteiger partial charge in [0, 0.05) is 37.9 Å². The van der Waals surface area contributed by atoms with Gasteiger partial charge in [-0.3, -0.25) is 10.0 Å². The number of carbonyl (C=O) groups is 1. The van der Waals surface area contributed by atoms with Crippen molar-refractivity contribution in [1.29, 1.82) is 0 Å². The molecule has 1 aliphatic heterocycles. The van der Waals surface area contributed by atoms with E-state index < -0.39 is 15.9 Å². The van der Waals surface area contributed by atoms with Gasteiger partial charge >= 0.3 is 0 Å². The molecule has 2 aromatic rings. The Bertz CT molecular complexity index is 972. The van der Waals surface area contributed by atoms with Crippen LogP contribution < -0.4 is 10.4 Å². The maximum absolute atomic E-state index is 12.9. The Morgan fingerprint density at radius 2 is 1.89 bits per heavy atom. The Balaban J connectivity index is 1.76. The van der Waals surface area contributed by atoms with Crippen LogP contribution in [0, 0.1) is 13.8 Å². The number of nitrogens with one attached hydrogen (secondary N) is 1. The molecule has 0 bridgehead atoms. The highest BCUT2D eigenvalue weighted by Crippen LogP contribution is 2.27. The third-order valence-corrected chi connectivity index (χ3v) is 6.75. The first-order valence-corrected chi connectivity index (χ1v) is 10.2. The van der Waals surface area contributed by atoms with E-state index in [0.717, 1.165) is 11.3 Å². The van der Waals surface area contributed by atoms with Crippen LogP contribution in [0.1, 0.15) is 17.0 Å². The van der Waals surface area contributed by atoms with Crippen molar-refractivity contribution >= 4 is 27.7 Å². The van der Waals surface area contributed by atoms with E-state index in [1.54, 1.807) is 25.4 Å². The number of anilines is 1. The number of benzene rings is 1. The van der Waals surface area contributed by atoms with Gasteiger partial charge in [-0.15, -0.1) is 0 Å². The predicted octanol–water partition coefficient (Wildman–Crippen LogP) is 1.32. The number of piperazine rings is 1. The number of rotatable bonds is 5. The number of aryl methyl sites for hydroxylation is 2. The third kappa shape index (κ3) is 3.93. The van der Waals surface area contributed by atoms with E-state index in [1.807, 2.05) is 24.3 Å². The summed E-state index contributed by atoms with van der Waals surface area (Å²) in [7, 11) is -3.66. The number of hydrogen-bond acceptors (Lipinski definition) is 7. The largest absolute Gasteiger partial charge is 0.368 e. The average molecular weight is 406 g/mol. The van der Waals surface area contributed by atoms with Crippen molar-refractivity contribution in [3.63, 3.8) is 0 Å². The van der Waals surface area contributed by atoms with E-state index in [1.165, 1.54) is 10.4 Å². The molecule has 0 aliphatic carbocycles. The molecule has 1 fully saturated rings. The number of para-hydroxylation sites is 1. The van der Waals surface area contributed by atoms with Crippen LogP contribution in [0.25, 0.3) is 6.08 Å². The van der Waals surface area contributed by atoms with Gasteiger partial charge in [0.05, 0.1) is 0 Å². The molecular formula is C18H22N4O5S. The Morgan fingerprint density at radius 1 is 1.21 bits per heavy atom. The molecule has 0 radical (unpaired) electrons. The van der Waals surface area contributed by atoms with Crippen molar-refractivity contribution in [3.05, 3.63) is 47.4 Å². The molecule has 0 unspecified atom stereocenters. The fraction of sp³-hybridized carbons (Fsp3) is 0.333. The van der Waals surface area contributed by atoms with E-state index in [-0.39, 0.29) is 10.7 Å². The SMILES string of the molecule is Cc1noc(C)c1S(=O)(=O)N1CCN(c2ccccc2C=CC(=O)NO)CC1. The highest BCUT2D eigenvalue weighted by Gasteiger charge is 2.33. The summed E-state index contributed by atoms with van der Waals surface area (Å²) in [6, 6.07) is 7.49. The standard InChI is InChI=1S/C18H22N4O5S/c1-13-18(14(2)27-20-13)28(25,26)22-11-9-21(10-12-22)16-6-4-3-5-15(16)7-8-17(23)19-24/h3-8,24H,9-12H2,1-2H3,(H,19,23). The van der Waals surface area contributed by atoms with Crippen LogP contribution in [-0.2, 0) is 14.8 Å². The molecule has 0 saturated carbocycles. The predicted molar refractivity (Wildman–Crippen MR) is 102 cm³/mol. The molecule has 2 heterocycles. The van der Waals surface area contributed by atoms with Crippen LogP contribution in [0.3, 0.4) is 0 Å². The quantitative estimate of drug-likeness (QED) is 0.437. The normalized spacial score (nSPS) is 15.9. The molecule has 1 saturated heterocycles. The van der Waals surface area contributed by atoms with Gasteiger partial charge in [0.2, 0.25) is 10.0 Å². The minimum Gasteiger partial charge on any atom is -0.368 e. The monoisotopic (exact) mass is 406 g/mol. The minimum atomic E-state index is -3.66. The summed E-state index contributed by atoms with van der Waals surface area (Å²) in [5, 5.41) is 12.4. The number of aromatic nitrogens is 1. The van der Waals surface area contributed by atoms with Crippen LogP contribution >= 0.6 is 0 Å². The summed E-state index contributed by atoms with van der Waals surface area (Å²) in [4.78, 5) is 13.4. The van der Waals surface area contributed by atoms with Gasteiger partial charge in [-0.25, -0.2) is 13.9 Å². The van der Waals surface area contributed by atoms with Gasteiger partial charge < -0.3 is 9.42 Å². The van der Waals surface area contributed by atoms with E-state index >= 15 is 0 Å². The minimum absolute atomic E-state index is 0.138. The summed E-state index contributed by atoms with van der Waals surface area (Å²) in [5.74, 6) is -0.331. The molecule has 10 heteroatoms. The van der Waals surface area contributed by atoms with Gasteiger partial charge in [0.25, 0.3) is 5.91 Å². The summed E-state index contributed by atoms with van der Waals surface area (Å²) < 4.78 is 32.3. The zero-order valence-electron chi connectivity index (χ0n) is 15.6. The Hall–Kier alpha value is -2.69. The Kier molecular flexibility index (Phi) is 5.82. The fourth-order valence-corrected chi connectivity index (χ4v) is 4.97. The second-order valence-corrected chi connectivity index (χ2v) is 8.29. The van der Waals surface area contributed by atoms with Gasteiger partial charge in [-0.05, 0) is 31.6 Å². The molecule has 1 aromatic heterocycles. The molecule has 28 heavy (non-hydrogen) atoms. The Morgan fingerprint density at radius 3 is 2.50 bits per heavy atom. The molecule has 1 aromatic carbocycles. The highest BCUT2D eigenvalue weighted by atomic mass is 32.2. The first-order valence-electron chi connectivity index (χ1n) is 8.73. The lowest BCUT2D eigenvalue weighted by Crippen LogP contribution is -2.49. The first-order chi connectivity index (χ1) is 13.3. The lowest BCUT2D eigenvalue weighted by Gasteiger charge is -2.36. The lowest BCUT2D eigenvalue weighted by molar-refractivity contribution is -0.124. The average Bonchev–Trinajstić information content (AvgIpc) is 3.05. The molecule has 150 valence electrons. The molecule has 0 atom stereocenters. The van der Waals surface area contributed by atoms with Gasteiger partial charge in [-0.2, -0.15) is 4.31 Å². The van der Waals surface area contributed by atoms with Gasteiger partial charge in [-0.1, -0.05) is 23.4 Å². The number of carbonyl (C=O) groups excluding carboxylic acids is 1. The highest BCUT2D eigenvalue weighted by molar-refractivity contribution is 7.89. The van der Waals surface area contributed by atoms with E-state index in [4.69, 9.17) is 9.73 Å². The van der Waals surface area contributed by atoms with Gasteiger partial charge in [0.15, 0.2) is 5.76 Å². The summed E-state index contributed by atoms with van der Waals surface area (Å²) >= 11 is 0. The summed E-state index contributed by atoms with van der Waals surface area (Å²) in [6.07, 6.45) is 2.84. The van der Waals surface area contributed by atoms with Crippen molar-refractivity contribution in [3.8, 4) is 0 Å². The zero-order valence-corrected chi connectivity index (χ0v) is 16.4. The van der Waals surface area contributed by atoms with Gasteiger partial charge in [0.1, 0.15) is 10.6 Å². The maximum Gasteiger partial charge on any atom is 0.267 e. The topological polar surface area (TPSA) is 116 Å². The Labute approximate surface area is 163 Å². The van der Waals surface area contributed by atoms with Crippen LogP contribution in [0.5, 0.6) is 0 Å². The number of sulfonamides is 1.